The molecule has 0 atom stereocenters. The van der Waals surface area contributed by atoms with Crippen molar-refractivity contribution < 1.29 is 4.68 Å². The van der Waals surface area contributed by atoms with E-state index in [0.717, 1.165) is 0 Å². The number of hydrogen-bond acceptors (Lipinski definition) is 1. The van der Waals surface area contributed by atoms with Gasteiger partial charge in [0.1, 0.15) is 6.20 Å². The molecule has 6 rings (SSSR count). The molecule has 0 aliphatic carbocycles. The molecule has 0 radical (unpaired) electrons. The van der Waals surface area contributed by atoms with Crippen LogP contribution in [0.2, 0.25) is 0 Å². The zero-order valence-electron chi connectivity index (χ0n) is 14.7. The van der Waals surface area contributed by atoms with E-state index in [1.54, 1.807) is 0 Å². The fourth-order valence-corrected chi connectivity index (χ4v) is 4.76. The zero-order chi connectivity index (χ0) is 17.4. The van der Waals surface area contributed by atoms with E-state index in [2.05, 4.69) is 79.7 Å². The Bertz CT molecular complexity index is 1500. The first-order chi connectivity index (χ1) is 12.8. The lowest BCUT2D eigenvalue weighted by molar-refractivity contribution is -0.704. The fraction of sp³-hybridized carbons (Fsp3) is 0.0833. The van der Waals surface area contributed by atoms with E-state index in [1.165, 1.54) is 59.6 Å². The van der Waals surface area contributed by atoms with Gasteiger partial charge in [-0.2, -0.15) is 0 Å². The van der Waals surface area contributed by atoms with E-state index in [4.69, 9.17) is 0 Å². The maximum absolute atomic E-state index is 4.65. The summed E-state index contributed by atoms with van der Waals surface area (Å²) in [5.74, 6) is 0. The smallest absolute Gasteiger partial charge is 0.0857 e. The maximum Gasteiger partial charge on any atom is 0.248 e. The van der Waals surface area contributed by atoms with Crippen molar-refractivity contribution in [3.05, 3.63) is 72.4 Å². The minimum absolute atomic E-state index is 1.20. The number of rotatable bonds is 0. The van der Waals surface area contributed by atoms with Crippen LogP contribution in [0.15, 0.2) is 66.9 Å². The molecule has 0 aliphatic heterocycles. The molecule has 122 valence electrons. The molecule has 0 aliphatic rings. The first-order valence-electron chi connectivity index (χ1n) is 8.98. The Kier molecular flexibility index (Phi) is 2.51. The summed E-state index contributed by atoms with van der Waals surface area (Å²) in [4.78, 5) is 0. The largest absolute Gasteiger partial charge is 0.248 e. The van der Waals surface area contributed by atoms with E-state index < -0.39 is 0 Å². The monoisotopic (exact) mass is 333 g/mol. The average molecular weight is 333 g/mol. The van der Waals surface area contributed by atoms with Crippen molar-refractivity contribution in [3.63, 3.8) is 0 Å². The van der Waals surface area contributed by atoms with Crippen molar-refractivity contribution in [1.29, 1.82) is 0 Å². The molecule has 0 fully saturated rings. The highest BCUT2D eigenvalue weighted by Gasteiger charge is 2.22. The SMILES string of the molecule is Cc1c2ccccc2c2cccc3c4cccc5cn[n+](C)c(c1c23)c54. The summed E-state index contributed by atoms with van der Waals surface area (Å²) in [5.41, 5.74) is 2.56. The molecule has 1 aromatic heterocycles. The summed E-state index contributed by atoms with van der Waals surface area (Å²) in [6, 6.07) is 22.0. The summed E-state index contributed by atoms with van der Waals surface area (Å²) in [5, 5.41) is 16.5. The van der Waals surface area contributed by atoms with Crippen LogP contribution in [0.1, 0.15) is 5.56 Å². The molecule has 0 saturated carbocycles. The van der Waals surface area contributed by atoms with Gasteiger partial charge < -0.3 is 0 Å². The minimum Gasteiger partial charge on any atom is -0.0857 e. The minimum atomic E-state index is 1.20. The molecule has 5 aromatic carbocycles. The molecular weight excluding hydrogens is 316 g/mol. The van der Waals surface area contributed by atoms with Crippen molar-refractivity contribution in [1.82, 2.24) is 5.10 Å². The Morgan fingerprint density at radius 1 is 0.654 bits per heavy atom. The summed E-state index contributed by atoms with van der Waals surface area (Å²) < 4.78 is 2.04. The highest BCUT2D eigenvalue weighted by molar-refractivity contribution is 6.35. The van der Waals surface area contributed by atoms with Crippen LogP contribution in [0, 0.1) is 6.92 Å². The van der Waals surface area contributed by atoms with Gasteiger partial charge >= 0.3 is 0 Å². The van der Waals surface area contributed by atoms with E-state index >= 15 is 0 Å². The van der Waals surface area contributed by atoms with Gasteiger partial charge in [-0.15, -0.1) is 0 Å². The molecule has 0 saturated heterocycles. The summed E-state index contributed by atoms with van der Waals surface area (Å²) >= 11 is 0. The lowest BCUT2D eigenvalue weighted by atomic mass is 9.87. The number of nitrogens with zero attached hydrogens (tertiary/aromatic N) is 2. The molecule has 0 unspecified atom stereocenters. The Balaban J connectivity index is 2.15. The lowest BCUT2D eigenvalue weighted by Crippen LogP contribution is -2.33. The Hall–Kier alpha value is -3.26. The second kappa shape index (κ2) is 4.67. The maximum atomic E-state index is 4.65. The Morgan fingerprint density at radius 2 is 1.27 bits per heavy atom. The van der Waals surface area contributed by atoms with Gasteiger partial charge in [0.05, 0.1) is 10.8 Å². The van der Waals surface area contributed by atoms with Crippen LogP contribution in [0.4, 0.5) is 0 Å². The van der Waals surface area contributed by atoms with Gasteiger partial charge in [-0.1, -0.05) is 65.3 Å². The first-order valence-corrected chi connectivity index (χ1v) is 8.98. The summed E-state index contributed by atoms with van der Waals surface area (Å²) in [6.07, 6.45) is 1.98. The molecule has 0 N–H and O–H groups in total. The molecule has 6 aromatic rings. The third-order valence-electron chi connectivity index (χ3n) is 5.86. The predicted molar refractivity (Wildman–Crippen MR) is 109 cm³/mol. The van der Waals surface area contributed by atoms with Gasteiger partial charge in [0.2, 0.25) is 5.52 Å². The standard InChI is InChI=1S/C24H17N2/c1-14-16-8-3-4-9-17(16)18-11-6-12-20-19-10-5-7-15-13-25-26(2)24(22(15)19)21(14)23(18)20/h3-13H,1-2H3/q+1. The average Bonchev–Trinajstić information content (AvgIpc) is 2.69. The Labute approximate surface area is 150 Å². The van der Waals surface area contributed by atoms with Gasteiger partial charge in [-0.25, -0.2) is 0 Å². The fourth-order valence-electron chi connectivity index (χ4n) is 4.76. The quantitative estimate of drug-likeness (QED) is 0.206. The van der Waals surface area contributed by atoms with E-state index in [1.807, 2.05) is 10.9 Å². The molecule has 2 nitrogen and oxygen atoms in total. The van der Waals surface area contributed by atoms with Crippen LogP contribution < -0.4 is 4.68 Å². The summed E-state index contributed by atoms with van der Waals surface area (Å²) in [7, 11) is 2.06. The van der Waals surface area contributed by atoms with Crippen LogP contribution in [0.25, 0.3) is 54.0 Å². The van der Waals surface area contributed by atoms with Crippen molar-refractivity contribution >= 4 is 54.0 Å². The van der Waals surface area contributed by atoms with Gasteiger partial charge in [-0.3, -0.25) is 0 Å². The van der Waals surface area contributed by atoms with Crippen molar-refractivity contribution in [2.24, 2.45) is 7.05 Å². The van der Waals surface area contributed by atoms with Crippen LogP contribution in [-0.2, 0) is 7.05 Å². The second-order valence-corrected chi connectivity index (χ2v) is 7.16. The number of benzene rings is 5. The van der Waals surface area contributed by atoms with Crippen LogP contribution in [0.3, 0.4) is 0 Å². The van der Waals surface area contributed by atoms with E-state index in [-0.39, 0.29) is 0 Å². The zero-order valence-corrected chi connectivity index (χ0v) is 14.7. The third-order valence-corrected chi connectivity index (χ3v) is 5.86. The molecular formula is C24H17N2+. The van der Waals surface area contributed by atoms with Crippen molar-refractivity contribution in [2.45, 2.75) is 6.92 Å². The van der Waals surface area contributed by atoms with Gasteiger partial charge in [0.25, 0.3) is 0 Å². The van der Waals surface area contributed by atoms with Crippen LogP contribution in [0.5, 0.6) is 0 Å². The van der Waals surface area contributed by atoms with Gasteiger partial charge in [0.15, 0.2) is 7.05 Å². The Morgan fingerprint density at radius 3 is 2.08 bits per heavy atom. The second-order valence-electron chi connectivity index (χ2n) is 7.16. The molecule has 2 heteroatoms. The highest BCUT2D eigenvalue weighted by atomic mass is 15.2. The lowest BCUT2D eigenvalue weighted by Gasteiger charge is -2.16. The van der Waals surface area contributed by atoms with Crippen molar-refractivity contribution in [3.8, 4) is 0 Å². The highest BCUT2D eigenvalue weighted by Crippen LogP contribution is 2.43. The van der Waals surface area contributed by atoms with Gasteiger partial charge in [-0.05, 0) is 44.5 Å². The van der Waals surface area contributed by atoms with Crippen molar-refractivity contribution in [2.75, 3.05) is 0 Å². The first kappa shape index (κ1) is 14.0. The summed E-state index contributed by atoms with van der Waals surface area (Å²) in [6.45, 7) is 2.25. The normalized spacial score (nSPS) is 12.2. The number of fused-ring (bicyclic) bond motifs is 4. The molecule has 0 bridgehead atoms. The molecule has 0 amide bonds. The number of aromatic nitrogens is 2. The van der Waals surface area contributed by atoms with Gasteiger partial charge in [0, 0.05) is 10.8 Å². The van der Waals surface area contributed by atoms with Crippen LogP contribution >= 0.6 is 0 Å². The number of aryl methyl sites for hydroxylation is 2. The topological polar surface area (TPSA) is 16.8 Å². The predicted octanol–water partition coefficient (Wildman–Crippen LogP) is 5.42. The van der Waals surface area contributed by atoms with E-state index in [9.17, 15) is 0 Å². The third kappa shape index (κ3) is 1.53. The number of hydrogen-bond donors (Lipinski definition) is 0. The molecule has 1 heterocycles. The van der Waals surface area contributed by atoms with Crippen LogP contribution in [-0.4, -0.2) is 5.10 Å². The molecule has 26 heavy (non-hydrogen) atoms. The molecule has 0 spiro atoms. The van der Waals surface area contributed by atoms with E-state index in [0.29, 0.717) is 0 Å².